The monoisotopic (exact) mass is 480 g/mol. The summed E-state index contributed by atoms with van der Waals surface area (Å²) in [6, 6.07) is 16.0. The fourth-order valence-corrected chi connectivity index (χ4v) is 4.57. The van der Waals surface area contributed by atoms with Gasteiger partial charge in [-0.1, -0.05) is 48.5 Å². The minimum atomic E-state index is -0.767. The average Bonchev–Trinajstić information content (AvgIpc) is 2.87. The van der Waals surface area contributed by atoms with E-state index in [-0.39, 0.29) is 11.9 Å². The third kappa shape index (κ3) is 5.96. The molecule has 0 spiro atoms. The Labute approximate surface area is 205 Å². The van der Waals surface area contributed by atoms with Crippen molar-refractivity contribution >= 4 is 5.57 Å². The average molecular weight is 481 g/mol. The Balaban J connectivity index is 1.41. The van der Waals surface area contributed by atoms with Gasteiger partial charge >= 0.3 is 0 Å². The lowest BCUT2D eigenvalue weighted by atomic mass is 9.90. The first-order chi connectivity index (χ1) is 17.0. The molecule has 0 saturated heterocycles. The van der Waals surface area contributed by atoms with Crippen LogP contribution in [0.1, 0.15) is 49.8 Å². The van der Waals surface area contributed by atoms with Crippen LogP contribution in [-0.4, -0.2) is 19.3 Å². The third-order valence-corrected chi connectivity index (χ3v) is 6.48. The lowest BCUT2D eigenvalue weighted by molar-refractivity contribution is 0.0579. The van der Waals surface area contributed by atoms with Gasteiger partial charge in [0, 0.05) is 12.2 Å². The SMILES string of the molecule is CCOc1ccc(-c2ccc(CCc3ccc(C4=CCC(OCC)CC4)c(F)c3F)cc2)cc1F. The van der Waals surface area contributed by atoms with Crippen LogP contribution in [0.25, 0.3) is 16.7 Å². The molecule has 0 aromatic heterocycles. The summed E-state index contributed by atoms with van der Waals surface area (Å²) in [5.74, 6) is -1.69. The molecule has 2 nitrogen and oxygen atoms in total. The molecule has 1 aliphatic carbocycles. The Morgan fingerprint density at radius 2 is 1.60 bits per heavy atom. The van der Waals surface area contributed by atoms with Gasteiger partial charge in [-0.25, -0.2) is 13.2 Å². The van der Waals surface area contributed by atoms with E-state index in [2.05, 4.69) is 0 Å². The summed E-state index contributed by atoms with van der Waals surface area (Å²) in [7, 11) is 0. The van der Waals surface area contributed by atoms with Gasteiger partial charge in [-0.15, -0.1) is 0 Å². The molecule has 0 fully saturated rings. The zero-order chi connectivity index (χ0) is 24.8. The molecule has 1 atom stereocenters. The van der Waals surface area contributed by atoms with Crippen molar-refractivity contribution in [2.24, 2.45) is 0 Å². The van der Waals surface area contributed by atoms with Crippen molar-refractivity contribution in [3.8, 4) is 16.9 Å². The maximum Gasteiger partial charge on any atom is 0.166 e. The number of hydrogen-bond donors (Lipinski definition) is 0. The van der Waals surface area contributed by atoms with Crippen molar-refractivity contribution in [2.75, 3.05) is 13.2 Å². The van der Waals surface area contributed by atoms with E-state index in [0.717, 1.165) is 35.1 Å². The van der Waals surface area contributed by atoms with Crippen molar-refractivity contribution in [1.29, 1.82) is 0 Å². The molecule has 1 unspecified atom stereocenters. The van der Waals surface area contributed by atoms with E-state index < -0.39 is 17.5 Å². The van der Waals surface area contributed by atoms with Crippen LogP contribution < -0.4 is 4.74 Å². The van der Waals surface area contributed by atoms with Gasteiger partial charge in [0.25, 0.3) is 0 Å². The molecule has 3 aromatic carbocycles. The molecular weight excluding hydrogens is 449 g/mol. The summed E-state index contributed by atoms with van der Waals surface area (Å²) in [6.07, 6.45) is 5.34. The van der Waals surface area contributed by atoms with Gasteiger partial charge in [0.1, 0.15) is 0 Å². The van der Waals surface area contributed by atoms with Crippen molar-refractivity contribution in [3.63, 3.8) is 0 Å². The van der Waals surface area contributed by atoms with Crippen LogP contribution in [0.15, 0.2) is 60.7 Å². The number of rotatable bonds is 9. The second kappa shape index (κ2) is 11.6. The quantitative estimate of drug-likeness (QED) is 0.310. The fraction of sp³-hybridized carbons (Fsp3) is 0.333. The van der Waals surface area contributed by atoms with Crippen molar-refractivity contribution in [2.45, 2.75) is 52.1 Å². The molecule has 184 valence electrons. The normalized spacial score (nSPS) is 15.7. The lowest BCUT2D eigenvalue weighted by Gasteiger charge is -2.22. The van der Waals surface area contributed by atoms with Gasteiger partial charge < -0.3 is 9.47 Å². The van der Waals surface area contributed by atoms with E-state index in [1.165, 1.54) is 6.07 Å². The molecule has 0 heterocycles. The zero-order valence-electron chi connectivity index (χ0n) is 20.3. The highest BCUT2D eigenvalue weighted by molar-refractivity contribution is 5.67. The van der Waals surface area contributed by atoms with E-state index in [1.54, 1.807) is 18.2 Å². The van der Waals surface area contributed by atoms with Crippen LogP contribution >= 0.6 is 0 Å². The molecule has 0 radical (unpaired) electrons. The molecule has 1 aliphatic rings. The van der Waals surface area contributed by atoms with Crippen LogP contribution in [0, 0.1) is 17.5 Å². The minimum absolute atomic E-state index is 0.163. The van der Waals surface area contributed by atoms with Crippen LogP contribution in [0.4, 0.5) is 13.2 Å². The third-order valence-electron chi connectivity index (χ3n) is 6.48. The van der Waals surface area contributed by atoms with Crippen molar-refractivity contribution < 1.29 is 22.6 Å². The zero-order valence-corrected chi connectivity index (χ0v) is 20.3. The molecular formula is C30H31F3O2. The number of benzene rings is 3. The van der Waals surface area contributed by atoms with Gasteiger partial charge in [0.15, 0.2) is 23.2 Å². The molecule has 0 saturated carbocycles. The van der Waals surface area contributed by atoms with E-state index in [0.29, 0.717) is 43.6 Å². The van der Waals surface area contributed by atoms with E-state index in [4.69, 9.17) is 9.47 Å². The summed E-state index contributed by atoms with van der Waals surface area (Å²) in [6.45, 7) is 4.84. The Morgan fingerprint density at radius 3 is 2.26 bits per heavy atom. The highest BCUT2D eigenvalue weighted by atomic mass is 19.2. The molecule has 4 rings (SSSR count). The van der Waals surface area contributed by atoms with Crippen LogP contribution in [-0.2, 0) is 17.6 Å². The van der Waals surface area contributed by atoms with Crippen LogP contribution in [0.5, 0.6) is 5.75 Å². The van der Waals surface area contributed by atoms with E-state index >= 15 is 0 Å². The van der Waals surface area contributed by atoms with Gasteiger partial charge in [0.2, 0.25) is 0 Å². The highest BCUT2D eigenvalue weighted by Gasteiger charge is 2.20. The first-order valence-electron chi connectivity index (χ1n) is 12.3. The molecule has 0 aliphatic heterocycles. The second-order valence-electron chi connectivity index (χ2n) is 8.76. The minimum Gasteiger partial charge on any atom is -0.491 e. The fourth-order valence-electron chi connectivity index (χ4n) is 4.57. The standard InChI is InChI=1S/C30H31F3O2/c1-3-34-25-15-11-22(12-16-25)26-17-13-23(29(32)30(26)33)10-7-20-5-8-21(9-6-20)24-14-18-28(35-4-2)27(31)19-24/h5-6,8-9,11,13-14,17-19,25H,3-4,7,10,12,15-16H2,1-2H3. The molecule has 0 bridgehead atoms. The highest BCUT2D eigenvalue weighted by Crippen LogP contribution is 2.32. The summed E-state index contributed by atoms with van der Waals surface area (Å²) in [5.41, 5.74) is 4.21. The van der Waals surface area contributed by atoms with E-state index in [1.807, 2.05) is 50.3 Å². The maximum absolute atomic E-state index is 14.9. The van der Waals surface area contributed by atoms with Crippen molar-refractivity contribution in [1.82, 2.24) is 0 Å². The number of ether oxygens (including phenoxy) is 2. The lowest BCUT2D eigenvalue weighted by Crippen LogP contribution is -2.16. The summed E-state index contributed by atoms with van der Waals surface area (Å²) >= 11 is 0. The molecule has 0 N–H and O–H groups in total. The molecule has 3 aromatic rings. The van der Waals surface area contributed by atoms with Crippen LogP contribution in [0.3, 0.4) is 0 Å². The first-order valence-corrected chi connectivity index (χ1v) is 12.3. The number of aryl methyl sites for hydroxylation is 2. The number of allylic oxidation sites excluding steroid dienone is 1. The summed E-state index contributed by atoms with van der Waals surface area (Å²) in [4.78, 5) is 0. The van der Waals surface area contributed by atoms with Crippen molar-refractivity contribution in [3.05, 3.63) is 94.8 Å². The van der Waals surface area contributed by atoms with Gasteiger partial charge in [0.05, 0.1) is 12.7 Å². The maximum atomic E-state index is 14.9. The molecule has 35 heavy (non-hydrogen) atoms. The largest absolute Gasteiger partial charge is 0.491 e. The summed E-state index contributed by atoms with van der Waals surface area (Å²) < 4.78 is 54.8. The Morgan fingerprint density at radius 1 is 0.829 bits per heavy atom. The summed E-state index contributed by atoms with van der Waals surface area (Å²) in [5, 5.41) is 0. The number of halogens is 3. The predicted octanol–water partition coefficient (Wildman–Crippen LogP) is 7.93. The van der Waals surface area contributed by atoms with Gasteiger partial charge in [-0.2, -0.15) is 0 Å². The number of hydrogen-bond acceptors (Lipinski definition) is 2. The Hall–Kier alpha value is -3.05. The Kier molecular flexibility index (Phi) is 8.29. The van der Waals surface area contributed by atoms with Gasteiger partial charge in [-0.3, -0.25) is 0 Å². The Bertz CT molecular complexity index is 1180. The second-order valence-corrected chi connectivity index (χ2v) is 8.76. The molecule has 0 amide bonds. The van der Waals surface area contributed by atoms with Gasteiger partial charge in [-0.05, 0) is 85.9 Å². The van der Waals surface area contributed by atoms with Crippen LogP contribution in [0.2, 0.25) is 0 Å². The predicted molar refractivity (Wildman–Crippen MR) is 134 cm³/mol. The van der Waals surface area contributed by atoms with E-state index in [9.17, 15) is 13.2 Å². The molecule has 5 heteroatoms. The smallest absolute Gasteiger partial charge is 0.166 e. The first kappa shape index (κ1) is 25.1. The topological polar surface area (TPSA) is 18.5 Å².